The van der Waals surface area contributed by atoms with E-state index in [0.717, 1.165) is 36.7 Å². The number of carbonyl (C=O) groups excluding carboxylic acids is 2. The number of hydrogen-bond acceptors (Lipinski definition) is 6. The van der Waals surface area contributed by atoms with Crippen LogP contribution in [0.4, 0.5) is 13.2 Å². The average molecular weight is 507 g/mol. The Bertz CT molecular complexity index is 999. The van der Waals surface area contributed by atoms with Crippen molar-refractivity contribution in [2.75, 3.05) is 20.6 Å². The molecule has 14 heteroatoms. The number of hydrogen-bond donors (Lipinski definition) is 4. The number of carbonyl (C=O) groups is 2. The summed E-state index contributed by atoms with van der Waals surface area (Å²) in [5.41, 5.74) is 3.12. The number of rotatable bonds is 8. The van der Waals surface area contributed by atoms with Gasteiger partial charge in [-0.05, 0) is 19.3 Å². The van der Waals surface area contributed by atoms with Gasteiger partial charge in [0.2, 0.25) is 18.2 Å². The maximum absolute atomic E-state index is 12.6. The fourth-order valence-electron chi connectivity index (χ4n) is 3.94. The van der Waals surface area contributed by atoms with Gasteiger partial charge in [0.15, 0.2) is 0 Å². The number of amides is 2. The van der Waals surface area contributed by atoms with E-state index in [1.807, 2.05) is 4.98 Å². The smallest absolute Gasteiger partial charge is 0.406 e. The molecule has 1 heterocycles. The van der Waals surface area contributed by atoms with Gasteiger partial charge in [0.25, 0.3) is 5.56 Å². The Kier molecular flexibility index (Phi) is 11.0. The van der Waals surface area contributed by atoms with Crippen molar-refractivity contribution in [3.63, 3.8) is 0 Å². The zero-order valence-electron chi connectivity index (χ0n) is 20.0. The summed E-state index contributed by atoms with van der Waals surface area (Å²) in [4.78, 5) is 49.2. The van der Waals surface area contributed by atoms with Crippen LogP contribution < -0.4 is 17.0 Å². The van der Waals surface area contributed by atoms with E-state index in [4.69, 9.17) is 11.1 Å². The van der Waals surface area contributed by atoms with Gasteiger partial charge in [0.1, 0.15) is 24.0 Å². The minimum absolute atomic E-state index is 0.141. The zero-order chi connectivity index (χ0) is 26.9. The normalized spacial score (nSPS) is 14.9. The van der Waals surface area contributed by atoms with Gasteiger partial charge in [0.05, 0.1) is 0 Å². The molecular weight excluding hydrogens is 473 g/mol. The second-order valence-electron chi connectivity index (χ2n) is 8.50. The molecule has 0 bridgehead atoms. The number of nitrogens with zero attached hydrogens (tertiary/aromatic N) is 3. The van der Waals surface area contributed by atoms with Gasteiger partial charge in [0, 0.05) is 20.6 Å². The summed E-state index contributed by atoms with van der Waals surface area (Å²) in [5, 5.41) is 16.5. The van der Waals surface area contributed by atoms with Crippen molar-refractivity contribution in [2.24, 2.45) is 11.7 Å². The Labute approximate surface area is 200 Å². The van der Waals surface area contributed by atoms with Crippen LogP contribution in [-0.2, 0) is 16.1 Å². The molecule has 0 aromatic carbocycles. The SMILES string of the molecule is CCn1c(O)c(C(=N)N)c(=O)[nH]c1=O.CN(C)C(=O)C(CC1CCCCC1)N(C=O)CC(F)(F)F. The van der Waals surface area contributed by atoms with E-state index in [2.05, 4.69) is 0 Å². The van der Waals surface area contributed by atoms with Crippen LogP contribution in [0.5, 0.6) is 5.88 Å². The van der Waals surface area contributed by atoms with Crippen LogP contribution in [0, 0.1) is 11.3 Å². The van der Waals surface area contributed by atoms with Crippen LogP contribution >= 0.6 is 0 Å². The molecule has 1 saturated carbocycles. The van der Waals surface area contributed by atoms with E-state index >= 15 is 0 Å². The summed E-state index contributed by atoms with van der Waals surface area (Å²) in [5.74, 6) is -1.39. The fourth-order valence-corrected chi connectivity index (χ4v) is 3.94. The van der Waals surface area contributed by atoms with Crippen molar-refractivity contribution >= 4 is 18.2 Å². The summed E-state index contributed by atoms with van der Waals surface area (Å²) in [6.07, 6.45) is 0.975. The lowest BCUT2D eigenvalue weighted by Gasteiger charge is -2.33. The van der Waals surface area contributed by atoms with Crippen molar-refractivity contribution in [2.45, 2.75) is 64.2 Å². The van der Waals surface area contributed by atoms with Crippen LogP contribution in [0.2, 0.25) is 0 Å². The molecule has 0 spiro atoms. The second-order valence-corrected chi connectivity index (χ2v) is 8.50. The highest BCUT2D eigenvalue weighted by molar-refractivity contribution is 5.96. The third kappa shape index (κ3) is 8.76. The van der Waals surface area contributed by atoms with Gasteiger partial charge >= 0.3 is 11.9 Å². The highest BCUT2D eigenvalue weighted by atomic mass is 19.4. The van der Waals surface area contributed by atoms with Crippen LogP contribution in [0.15, 0.2) is 9.59 Å². The average Bonchev–Trinajstić information content (AvgIpc) is 2.75. The summed E-state index contributed by atoms with van der Waals surface area (Å²) in [7, 11) is 2.99. The lowest BCUT2D eigenvalue weighted by Crippen LogP contribution is -2.50. The van der Waals surface area contributed by atoms with E-state index in [-0.39, 0.29) is 24.4 Å². The van der Waals surface area contributed by atoms with Crippen molar-refractivity contribution in [3.05, 3.63) is 26.4 Å². The first-order valence-electron chi connectivity index (χ1n) is 11.1. The van der Waals surface area contributed by atoms with Crippen LogP contribution in [0.1, 0.15) is 51.0 Å². The number of H-pyrrole nitrogens is 1. The number of aromatic hydroxyl groups is 1. The molecular formula is C21H33F3N6O5. The monoisotopic (exact) mass is 506 g/mol. The minimum atomic E-state index is -4.50. The predicted molar refractivity (Wildman–Crippen MR) is 122 cm³/mol. The van der Waals surface area contributed by atoms with E-state index in [1.54, 1.807) is 6.92 Å². The van der Waals surface area contributed by atoms with E-state index in [1.165, 1.54) is 19.0 Å². The van der Waals surface area contributed by atoms with Crippen molar-refractivity contribution < 1.29 is 27.9 Å². The van der Waals surface area contributed by atoms with Crippen molar-refractivity contribution in [1.82, 2.24) is 19.4 Å². The maximum Gasteiger partial charge on any atom is 0.406 e. The third-order valence-corrected chi connectivity index (χ3v) is 5.66. The summed E-state index contributed by atoms with van der Waals surface area (Å²) in [6.45, 7) is 0.415. The topological polar surface area (TPSA) is 166 Å². The second kappa shape index (κ2) is 13.0. The summed E-state index contributed by atoms with van der Waals surface area (Å²) >= 11 is 0. The van der Waals surface area contributed by atoms with Crippen LogP contribution in [-0.4, -0.2) is 75.5 Å². The molecule has 1 aromatic heterocycles. The molecule has 1 aliphatic rings. The number of halogens is 3. The van der Waals surface area contributed by atoms with Gasteiger partial charge in [-0.15, -0.1) is 0 Å². The maximum atomic E-state index is 12.6. The molecule has 1 aliphatic carbocycles. The highest BCUT2D eigenvalue weighted by Crippen LogP contribution is 2.29. The van der Waals surface area contributed by atoms with Crippen LogP contribution in [0.3, 0.4) is 0 Å². The van der Waals surface area contributed by atoms with E-state index in [0.29, 0.717) is 11.3 Å². The number of likely N-dealkylation sites (N-methyl/N-ethyl adjacent to an activating group) is 1. The number of aromatic amines is 1. The molecule has 1 aromatic rings. The number of alkyl halides is 3. The Morgan fingerprint density at radius 1 is 1.29 bits per heavy atom. The first kappa shape index (κ1) is 29.7. The lowest BCUT2D eigenvalue weighted by atomic mass is 9.84. The Balaban J connectivity index is 0.000000379. The van der Waals surface area contributed by atoms with E-state index in [9.17, 15) is 37.5 Å². The highest BCUT2D eigenvalue weighted by Gasteiger charge is 2.37. The first-order chi connectivity index (χ1) is 16.2. The van der Waals surface area contributed by atoms with Gasteiger partial charge in [-0.2, -0.15) is 13.2 Å². The van der Waals surface area contributed by atoms with Crippen LogP contribution in [0.25, 0.3) is 0 Å². The number of amidine groups is 1. The molecule has 1 atom stereocenters. The Morgan fingerprint density at radius 2 is 1.86 bits per heavy atom. The fraction of sp³-hybridized carbons (Fsp3) is 0.667. The number of nitrogens with two attached hydrogens (primary N) is 1. The molecule has 5 N–H and O–H groups in total. The number of nitrogens with one attached hydrogen (secondary N) is 2. The number of aromatic nitrogens is 2. The minimum Gasteiger partial charge on any atom is -0.494 e. The largest absolute Gasteiger partial charge is 0.494 e. The molecule has 11 nitrogen and oxygen atoms in total. The van der Waals surface area contributed by atoms with Gasteiger partial charge in [-0.3, -0.25) is 29.3 Å². The molecule has 2 rings (SSSR count). The molecule has 1 unspecified atom stereocenters. The zero-order valence-corrected chi connectivity index (χ0v) is 20.0. The summed E-state index contributed by atoms with van der Waals surface area (Å²) < 4.78 is 38.6. The molecule has 0 aliphatic heterocycles. The van der Waals surface area contributed by atoms with Gasteiger partial charge in [-0.25, -0.2) is 4.79 Å². The Hall–Kier alpha value is -3.32. The van der Waals surface area contributed by atoms with Crippen molar-refractivity contribution in [3.8, 4) is 5.88 Å². The third-order valence-electron chi connectivity index (χ3n) is 5.66. The van der Waals surface area contributed by atoms with Gasteiger partial charge in [-0.1, -0.05) is 32.1 Å². The predicted octanol–water partition coefficient (Wildman–Crippen LogP) is 0.980. The molecule has 0 saturated heterocycles. The van der Waals surface area contributed by atoms with Crippen molar-refractivity contribution in [1.29, 1.82) is 5.41 Å². The molecule has 198 valence electrons. The number of nitrogen functional groups attached to an aromatic ring is 1. The lowest BCUT2D eigenvalue weighted by molar-refractivity contribution is -0.164. The molecule has 0 radical (unpaired) electrons. The molecule has 2 amide bonds. The molecule has 1 fully saturated rings. The molecule has 35 heavy (non-hydrogen) atoms. The van der Waals surface area contributed by atoms with Gasteiger partial charge < -0.3 is 20.6 Å². The van der Waals surface area contributed by atoms with E-state index < -0.39 is 47.6 Å². The quantitative estimate of drug-likeness (QED) is 0.233. The Morgan fingerprint density at radius 3 is 2.29 bits per heavy atom. The summed E-state index contributed by atoms with van der Waals surface area (Å²) in [6, 6.07) is -1.03. The first-order valence-corrected chi connectivity index (χ1v) is 11.1. The standard InChI is InChI=1S/C14H23F3N2O2.C7H10N4O3/c1-18(2)13(21)12(8-11-6-4-3-5-7-11)19(10-20)9-14(15,16)17;1-2-11-6(13)3(4(8)9)5(12)10-7(11)14/h10-12H,3-9H2,1-2H3;13H,2H2,1H3,(H3,8,9)(H,10,12,14).